The second-order valence-electron chi connectivity index (χ2n) is 4.54. The highest BCUT2D eigenvalue weighted by Gasteiger charge is 2.10. The highest BCUT2D eigenvalue weighted by atomic mass is 19.1. The van der Waals surface area contributed by atoms with Gasteiger partial charge < -0.3 is 10.7 Å². The van der Waals surface area contributed by atoms with Crippen LogP contribution < -0.4 is 16.6 Å². The van der Waals surface area contributed by atoms with E-state index in [0.29, 0.717) is 17.5 Å². The number of nitrogens with one attached hydrogen (secondary N) is 2. The van der Waals surface area contributed by atoms with Crippen molar-refractivity contribution in [1.29, 1.82) is 0 Å². The van der Waals surface area contributed by atoms with E-state index >= 15 is 0 Å². The molecule has 0 saturated carbocycles. The number of nitrogen functional groups attached to an aromatic ring is 1. The maximum atomic E-state index is 13.6. The molecule has 0 unspecified atom stereocenters. The summed E-state index contributed by atoms with van der Waals surface area (Å²) in [4.78, 5) is 8.45. The lowest BCUT2D eigenvalue weighted by Crippen LogP contribution is -2.12. The van der Waals surface area contributed by atoms with Crippen molar-refractivity contribution in [3.8, 4) is 0 Å². The number of halogens is 2. The van der Waals surface area contributed by atoms with Crippen molar-refractivity contribution in [2.45, 2.75) is 19.8 Å². The third-order valence-corrected chi connectivity index (χ3v) is 2.60. The summed E-state index contributed by atoms with van der Waals surface area (Å²) in [5.74, 6) is 5.44. The van der Waals surface area contributed by atoms with Gasteiger partial charge in [0.25, 0.3) is 0 Å². The fourth-order valence-corrected chi connectivity index (χ4v) is 1.59. The predicted octanol–water partition coefficient (Wildman–Crippen LogP) is 2.91. The van der Waals surface area contributed by atoms with E-state index < -0.39 is 11.6 Å². The second kappa shape index (κ2) is 5.79. The average Bonchev–Trinajstić information content (AvgIpc) is 2.41. The van der Waals surface area contributed by atoms with Crippen LogP contribution in [0.2, 0.25) is 0 Å². The molecule has 0 aliphatic carbocycles. The second-order valence-corrected chi connectivity index (χ2v) is 4.54. The van der Waals surface area contributed by atoms with E-state index in [2.05, 4.69) is 20.7 Å². The molecule has 1 aromatic carbocycles. The minimum absolute atomic E-state index is 0.0851. The summed E-state index contributed by atoms with van der Waals surface area (Å²) in [6.45, 7) is 3.86. The van der Waals surface area contributed by atoms with Crippen molar-refractivity contribution in [2.24, 2.45) is 5.84 Å². The first-order chi connectivity index (χ1) is 9.49. The fraction of sp³-hybridized carbons (Fsp3) is 0.231. The number of rotatable bonds is 4. The molecule has 20 heavy (non-hydrogen) atoms. The third kappa shape index (κ3) is 3.18. The molecule has 2 rings (SSSR count). The average molecular weight is 279 g/mol. The normalized spacial score (nSPS) is 10.7. The van der Waals surface area contributed by atoms with Gasteiger partial charge in [-0.05, 0) is 12.1 Å². The van der Waals surface area contributed by atoms with Crippen LogP contribution in [0.3, 0.4) is 0 Å². The van der Waals surface area contributed by atoms with Crippen LogP contribution in [0.4, 0.5) is 26.1 Å². The fourth-order valence-electron chi connectivity index (χ4n) is 1.59. The molecule has 106 valence electrons. The lowest BCUT2D eigenvalue weighted by molar-refractivity contribution is 0.586. The van der Waals surface area contributed by atoms with Gasteiger partial charge in [0.15, 0.2) is 0 Å². The van der Waals surface area contributed by atoms with Crippen LogP contribution in [0.5, 0.6) is 0 Å². The Labute approximate surface area is 115 Å². The Balaban J connectivity index is 2.34. The lowest BCUT2D eigenvalue weighted by atomic mass is 10.2. The first-order valence-electron chi connectivity index (χ1n) is 6.07. The van der Waals surface area contributed by atoms with E-state index in [1.807, 2.05) is 13.8 Å². The van der Waals surface area contributed by atoms with Crippen LogP contribution in [0.15, 0.2) is 24.3 Å². The maximum absolute atomic E-state index is 13.6. The zero-order valence-corrected chi connectivity index (χ0v) is 11.1. The van der Waals surface area contributed by atoms with Crippen LogP contribution in [0.25, 0.3) is 0 Å². The van der Waals surface area contributed by atoms with Gasteiger partial charge in [-0.25, -0.2) is 24.6 Å². The Hall–Kier alpha value is -2.28. The summed E-state index contributed by atoms with van der Waals surface area (Å²) in [5, 5.41) is 2.78. The number of nitrogens with zero attached hydrogens (tertiary/aromatic N) is 2. The molecule has 0 amide bonds. The number of nitrogens with two attached hydrogens (primary N) is 1. The Morgan fingerprint density at radius 3 is 2.40 bits per heavy atom. The minimum atomic E-state index is -0.697. The summed E-state index contributed by atoms with van der Waals surface area (Å²) < 4.78 is 26.4. The SMILES string of the molecule is CC(C)c1nc(NN)cc(Nc2ccc(F)cc2F)n1. The van der Waals surface area contributed by atoms with E-state index in [-0.39, 0.29) is 11.6 Å². The summed E-state index contributed by atoms with van der Waals surface area (Å²) >= 11 is 0. The number of hydrogen-bond donors (Lipinski definition) is 3. The predicted molar refractivity (Wildman–Crippen MR) is 73.6 cm³/mol. The molecule has 0 atom stereocenters. The molecular formula is C13H15F2N5. The highest BCUT2D eigenvalue weighted by Crippen LogP contribution is 2.22. The van der Waals surface area contributed by atoms with Gasteiger partial charge in [0.2, 0.25) is 0 Å². The standard InChI is InChI=1S/C13H15F2N5/c1-7(2)13-18-11(6-12(19-13)20-16)17-10-4-3-8(14)5-9(10)15/h3-7H,16H2,1-2H3,(H2,17,18,19,20). The van der Waals surface area contributed by atoms with E-state index in [4.69, 9.17) is 5.84 Å². The minimum Gasteiger partial charge on any atom is -0.338 e. The maximum Gasteiger partial charge on any atom is 0.149 e. The van der Waals surface area contributed by atoms with E-state index in [9.17, 15) is 8.78 Å². The molecule has 1 aromatic heterocycles. The van der Waals surface area contributed by atoms with Crippen molar-refractivity contribution in [3.63, 3.8) is 0 Å². The number of hydrazine groups is 1. The summed E-state index contributed by atoms with van der Waals surface area (Å²) in [7, 11) is 0. The first kappa shape index (κ1) is 14.1. The van der Waals surface area contributed by atoms with Gasteiger partial charge in [0.1, 0.15) is 29.1 Å². The van der Waals surface area contributed by atoms with Gasteiger partial charge >= 0.3 is 0 Å². The van der Waals surface area contributed by atoms with Crippen LogP contribution in [-0.4, -0.2) is 9.97 Å². The molecule has 4 N–H and O–H groups in total. The topological polar surface area (TPSA) is 75.9 Å². The zero-order valence-electron chi connectivity index (χ0n) is 11.1. The van der Waals surface area contributed by atoms with Gasteiger partial charge in [-0.2, -0.15) is 0 Å². The number of anilines is 3. The van der Waals surface area contributed by atoms with E-state index in [1.165, 1.54) is 12.1 Å². The van der Waals surface area contributed by atoms with Crippen LogP contribution in [0, 0.1) is 11.6 Å². The molecule has 7 heteroatoms. The quantitative estimate of drug-likeness (QED) is 0.592. The van der Waals surface area contributed by atoms with Crippen molar-refractivity contribution >= 4 is 17.3 Å². The lowest BCUT2D eigenvalue weighted by Gasteiger charge is -2.11. The molecule has 0 radical (unpaired) electrons. The Bertz CT molecular complexity index is 616. The van der Waals surface area contributed by atoms with Crippen LogP contribution >= 0.6 is 0 Å². The molecule has 0 aliphatic rings. The van der Waals surface area contributed by atoms with Crippen LogP contribution in [0.1, 0.15) is 25.6 Å². The summed E-state index contributed by atoms with van der Waals surface area (Å²) in [5.41, 5.74) is 2.55. The molecule has 1 heterocycles. The molecule has 0 saturated heterocycles. The molecule has 2 aromatic rings. The molecule has 0 bridgehead atoms. The summed E-state index contributed by atoms with van der Waals surface area (Å²) in [6.07, 6.45) is 0. The Morgan fingerprint density at radius 1 is 1.10 bits per heavy atom. The van der Waals surface area contributed by atoms with E-state index in [1.54, 1.807) is 0 Å². The third-order valence-electron chi connectivity index (χ3n) is 2.60. The van der Waals surface area contributed by atoms with Crippen molar-refractivity contribution in [3.05, 3.63) is 41.7 Å². The smallest absolute Gasteiger partial charge is 0.149 e. The Morgan fingerprint density at radius 2 is 1.80 bits per heavy atom. The van der Waals surface area contributed by atoms with Gasteiger partial charge in [0.05, 0.1) is 5.69 Å². The molecule has 0 aliphatic heterocycles. The van der Waals surface area contributed by atoms with Crippen molar-refractivity contribution < 1.29 is 8.78 Å². The molecule has 0 fully saturated rings. The number of benzene rings is 1. The molecule has 0 spiro atoms. The summed E-state index contributed by atoms with van der Waals surface area (Å²) in [6, 6.07) is 4.80. The largest absolute Gasteiger partial charge is 0.338 e. The van der Waals surface area contributed by atoms with Gasteiger partial charge in [-0.15, -0.1) is 0 Å². The highest BCUT2D eigenvalue weighted by molar-refractivity contribution is 5.59. The number of aromatic nitrogens is 2. The zero-order chi connectivity index (χ0) is 14.7. The van der Waals surface area contributed by atoms with Gasteiger partial charge in [-0.1, -0.05) is 13.8 Å². The molecular weight excluding hydrogens is 264 g/mol. The number of hydrogen-bond acceptors (Lipinski definition) is 5. The van der Waals surface area contributed by atoms with Crippen LogP contribution in [-0.2, 0) is 0 Å². The van der Waals surface area contributed by atoms with Gasteiger partial charge in [0, 0.05) is 18.1 Å². The van der Waals surface area contributed by atoms with E-state index in [0.717, 1.165) is 12.1 Å². The van der Waals surface area contributed by atoms with Crippen molar-refractivity contribution in [1.82, 2.24) is 9.97 Å². The first-order valence-corrected chi connectivity index (χ1v) is 6.07. The Kier molecular flexibility index (Phi) is 4.09. The van der Waals surface area contributed by atoms with Gasteiger partial charge in [-0.3, -0.25) is 0 Å². The van der Waals surface area contributed by atoms with Crippen molar-refractivity contribution in [2.75, 3.05) is 10.7 Å². The molecule has 5 nitrogen and oxygen atoms in total. The monoisotopic (exact) mass is 279 g/mol.